The van der Waals surface area contributed by atoms with Gasteiger partial charge in [-0.15, -0.1) is 0 Å². The Bertz CT molecular complexity index is 490. The summed E-state index contributed by atoms with van der Waals surface area (Å²) in [6.07, 6.45) is 14.1. The van der Waals surface area contributed by atoms with E-state index in [9.17, 15) is 4.79 Å². The third-order valence-corrected chi connectivity index (χ3v) is 4.98. The lowest BCUT2D eigenvalue weighted by Gasteiger charge is -2.08. The molecule has 0 radical (unpaired) electrons. The van der Waals surface area contributed by atoms with Gasteiger partial charge in [0.05, 0.1) is 0 Å². The van der Waals surface area contributed by atoms with Crippen LogP contribution in [0.5, 0.6) is 0 Å². The minimum atomic E-state index is -0.323. The number of hydrazine groups is 1. The molecular weight excluding hydrogens is 386 g/mol. The van der Waals surface area contributed by atoms with Gasteiger partial charge in [-0.2, -0.15) is 9.36 Å². The van der Waals surface area contributed by atoms with E-state index in [0.717, 1.165) is 31.0 Å². The van der Waals surface area contributed by atoms with Crippen molar-refractivity contribution < 1.29 is 9.53 Å². The molecule has 9 heteroatoms. The first kappa shape index (κ1) is 23.9. The molecule has 0 saturated carbocycles. The van der Waals surface area contributed by atoms with Crippen molar-refractivity contribution in [1.29, 1.82) is 0 Å². The highest BCUT2D eigenvalue weighted by Gasteiger charge is 2.03. The Labute approximate surface area is 172 Å². The van der Waals surface area contributed by atoms with E-state index in [2.05, 4.69) is 32.4 Å². The van der Waals surface area contributed by atoms with Gasteiger partial charge >= 0.3 is 6.03 Å². The predicted molar refractivity (Wildman–Crippen MR) is 112 cm³/mol. The molecule has 0 bridgehead atoms. The summed E-state index contributed by atoms with van der Waals surface area (Å²) in [5, 5.41) is 3.33. The maximum absolute atomic E-state index is 11.6. The third-order valence-electron chi connectivity index (χ3n) is 4.08. The normalized spacial score (nSPS) is 10.7. The molecule has 0 aliphatic heterocycles. The van der Waals surface area contributed by atoms with Crippen molar-refractivity contribution in [2.45, 2.75) is 77.6 Å². The molecule has 0 aliphatic rings. The van der Waals surface area contributed by atoms with Crippen LogP contribution in [0.15, 0.2) is 0 Å². The van der Waals surface area contributed by atoms with Gasteiger partial charge in [-0.3, -0.25) is 5.43 Å². The number of hydrogen-bond acceptors (Lipinski definition) is 6. The van der Waals surface area contributed by atoms with Gasteiger partial charge in [0.2, 0.25) is 10.4 Å². The molecule has 1 rings (SSSR count). The molecule has 0 fully saturated rings. The van der Waals surface area contributed by atoms with Gasteiger partial charge in [0.25, 0.3) is 0 Å². The topological polar surface area (TPSA) is 88.2 Å². The molecule has 2 amide bonds. The van der Waals surface area contributed by atoms with E-state index < -0.39 is 0 Å². The van der Waals surface area contributed by atoms with Gasteiger partial charge in [0, 0.05) is 31.3 Å². The summed E-state index contributed by atoms with van der Waals surface area (Å²) < 4.78 is 9.39. The number of amides is 2. The molecule has 0 saturated heterocycles. The first-order valence-corrected chi connectivity index (χ1v) is 11.2. The first-order chi connectivity index (χ1) is 13.2. The molecule has 0 aromatic carbocycles. The Morgan fingerprint density at radius 3 is 2.26 bits per heavy atom. The lowest BCUT2D eigenvalue weighted by molar-refractivity contribution is 0.127. The summed E-state index contributed by atoms with van der Waals surface area (Å²) >= 11 is 6.66. The molecule has 1 heterocycles. The number of carbonyl (C=O) groups excluding carboxylic acids is 1. The fourth-order valence-electron chi connectivity index (χ4n) is 2.58. The van der Waals surface area contributed by atoms with Gasteiger partial charge in [0.15, 0.2) is 0 Å². The molecule has 1 aromatic rings. The molecule has 0 aliphatic carbocycles. The number of ether oxygens (including phenoxy) is 1. The molecule has 156 valence electrons. The van der Waals surface area contributed by atoms with Crippen LogP contribution in [0.25, 0.3) is 0 Å². The fraction of sp³-hybridized carbons (Fsp3) is 0.833. The largest absolute Gasteiger partial charge is 0.381 e. The van der Waals surface area contributed by atoms with E-state index in [1.165, 1.54) is 57.8 Å². The van der Waals surface area contributed by atoms with Gasteiger partial charge in [0.1, 0.15) is 0 Å². The Hall–Kier alpha value is -1.12. The fourth-order valence-corrected chi connectivity index (χ4v) is 3.25. The molecule has 1 aromatic heterocycles. The summed E-state index contributed by atoms with van der Waals surface area (Å²) in [6, 6.07) is -0.323. The highest BCUT2D eigenvalue weighted by atomic mass is 35.5. The van der Waals surface area contributed by atoms with Crippen molar-refractivity contribution in [2.24, 2.45) is 0 Å². The van der Waals surface area contributed by atoms with Crippen LogP contribution in [0, 0.1) is 0 Å². The lowest BCUT2D eigenvalue weighted by Crippen LogP contribution is -2.39. The minimum absolute atomic E-state index is 0.157. The minimum Gasteiger partial charge on any atom is -0.381 e. The van der Waals surface area contributed by atoms with Crippen molar-refractivity contribution in [1.82, 2.24) is 20.1 Å². The van der Waals surface area contributed by atoms with E-state index in [0.29, 0.717) is 18.3 Å². The quantitative estimate of drug-likeness (QED) is 0.240. The van der Waals surface area contributed by atoms with Crippen LogP contribution < -0.4 is 16.2 Å². The van der Waals surface area contributed by atoms with Crippen LogP contribution in [-0.2, 0) is 4.74 Å². The van der Waals surface area contributed by atoms with E-state index in [-0.39, 0.29) is 11.3 Å². The number of rotatable bonds is 17. The second-order valence-electron chi connectivity index (χ2n) is 6.52. The smallest absolute Gasteiger partial charge is 0.333 e. The number of urea groups is 1. The molecule has 0 spiro atoms. The summed E-state index contributed by atoms with van der Waals surface area (Å²) in [5.41, 5.74) is 5.10. The number of hydrogen-bond donors (Lipinski definition) is 3. The first-order valence-electron chi connectivity index (χ1n) is 10.1. The Morgan fingerprint density at radius 1 is 1.00 bits per heavy atom. The summed E-state index contributed by atoms with van der Waals surface area (Å²) in [4.78, 5) is 15.4. The average Bonchev–Trinajstić information content (AvgIpc) is 3.08. The van der Waals surface area contributed by atoms with Crippen molar-refractivity contribution in [3.8, 4) is 0 Å². The predicted octanol–water partition coefficient (Wildman–Crippen LogP) is 5.15. The van der Waals surface area contributed by atoms with E-state index in [4.69, 9.17) is 16.3 Å². The van der Waals surface area contributed by atoms with Gasteiger partial charge in [-0.25, -0.2) is 10.2 Å². The van der Waals surface area contributed by atoms with Crippen LogP contribution in [-0.4, -0.2) is 35.1 Å². The van der Waals surface area contributed by atoms with E-state index >= 15 is 0 Å². The average molecular weight is 420 g/mol. The molecule has 0 atom stereocenters. The maximum Gasteiger partial charge on any atom is 0.333 e. The zero-order valence-electron chi connectivity index (χ0n) is 16.4. The standard InChI is InChI=1S/C18H34ClN5O2S/c1-2-3-4-5-6-7-8-9-10-11-14-26-15-12-13-20-17(25)22-23-18-21-16(19)24-27-18/h2-15H2,1H3,(H2,20,22,25)(H,21,23,24). The molecule has 7 nitrogen and oxygen atoms in total. The maximum atomic E-state index is 11.6. The van der Waals surface area contributed by atoms with Gasteiger partial charge in [-0.05, 0) is 24.4 Å². The second-order valence-corrected chi connectivity index (χ2v) is 7.61. The summed E-state index contributed by atoms with van der Waals surface area (Å²) in [6.45, 7) is 4.29. The third kappa shape index (κ3) is 14.6. The summed E-state index contributed by atoms with van der Waals surface area (Å²) in [7, 11) is 0. The van der Waals surface area contributed by atoms with Crippen molar-refractivity contribution in [2.75, 3.05) is 25.2 Å². The monoisotopic (exact) mass is 419 g/mol. The Balaban J connectivity index is 1.76. The zero-order valence-corrected chi connectivity index (χ0v) is 18.0. The molecule has 0 unspecified atom stereocenters. The van der Waals surface area contributed by atoms with Crippen LogP contribution in [0.3, 0.4) is 0 Å². The zero-order chi connectivity index (χ0) is 19.6. The Kier molecular flexibility index (Phi) is 15.1. The highest BCUT2D eigenvalue weighted by Crippen LogP contribution is 2.12. The van der Waals surface area contributed by atoms with Crippen LogP contribution >= 0.6 is 23.1 Å². The van der Waals surface area contributed by atoms with Crippen LogP contribution in [0.4, 0.5) is 9.93 Å². The number of anilines is 1. The molecule has 27 heavy (non-hydrogen) atoms. The number of nitrogens with zero attached hydrogens (tertiary/aromatic N) is 2. The SMILES string of the molecule is CCCCCCCCCCCCOCCCNC(=O)NNc1nc(Cl)ns1. The van der Waals surface area contributed by atoms with Crippen molar-refractivity contribution in [3.05, 3.63) is 5.28 Å². The Morgan fingerprint density at radius 2 is 1.63 bits per heavy atom. The van der Waals surface area contributed by atoms with E-state index in [1.807, 2.05) is 0 Å². The number of carbonyl (C=O) groups is 1. The molecular formula is C18H34ClN5O2S. The second kappa shape index (κ2) is 17.0. The number of aromatic nitrogens is 2. The number of unbranched alkanes of at least 4 members (excludes halogenated alkanes) is 9. The van der Waals surface area contributed by atoms with E-state index in [1.54, 1.807) is 0 Å². The van der Waals surface area contributed by atoms with Crippen molar-refractivity contribution in [3.63, 3.8) is 0 Å². The lowest BCUT2D eigenvalue weighted by atomic mass is 10.1. The van der Waals surface area contributed by atoms with Gasteiger partial charge < -0.3 is 10.1 Å². The molecule has 3 N–H and O–H groups in total. The number of halogens is 1. The summed E-state index contributed by atoms with van der Waals surface area (Å²) in [5.74, 6) is 0. The van der Waals surface area contributed by atoms with Crippen molar-refractivity contribution >= 4 is 34.3 Å². The van der Waals surface area contributed by atoms with Crippen LogP contribution in [0.1, 0.15) is 77.6 Å². The highest BCUT2D eigenvalue weighted by molar-refractivity contribution is 7.09. The van der Waals surface area contributed by atoms with Gasteiger partial charge in [-0.1, -0.05) is 64.7 Å². The van der Waals surface area contributed by atoms with Crippen LogP contribution in [0.2, 0.25) is 5.28 Å². The number of nitrogens with one attached hydrogen (secondary N) is 3.